The minimum atomic E-state index is 0.959. The van der Waals surface area contributed by atoms with Gasteiger partial charge in [0.25, 0.3) is 0 Å². The van der Waals surface area contributed by atoms with Gasteiger partial charge in [0, 0.05) is 0 Å². The van der Waals surface area contributed by atoms with Gasteiger partial charge in [-0.05, 0) is 30.1 Å². The molecule has 4 atom stereocenters. The van der Waals surface area contributed by atoms with Crippen molar-refractivity contribution in [3.63, 3.8) is 0 Å². The second kappa shape index (κ2) is 11.6. The van der Waals surface area contributed by atoms with Crippen LogP contribution in [0.4, 0.5) is 0 Å². The molecular weight excluding hydrogens is 252 g/mol. The lowest BCUT2D eigenvalue weighted by Crippen LogP contribution is -2.08. The van der Waals surface area contributed by atoms with Gasteiger partial charge in [-0.25, -0.2) is 0 Å². The molecule has 0 aromatic carbocycles. The van der Waals surface area contributed by atoms with Crippen LogP contribution in [-0.4, -0.2) is 0 Å². The number of rotatable bonds is 6. The molecule has 0 bridgehead atoms. The zero-order chi connectivity index (χ0) is 15.5. The summed E-state index contributed by atoms with van der Waals surface area (Å²) in [5.41, 5.74) is 0. The molecule has 0 heteroatoms. The fourth-order valence-electron chi connectivity index (χ4n) is 4.05. The average molecular weight is 295 g/mol. The Kier molecular flexibility index (Phi) is 10.5. The lowest BCUT2D eigenvalue weighted by molar-refractivity contribution is 0.305. The van der Waals surface area contributed by atoms with Crippen LogP contribution in [0.5, 0.6) is 0 Å². The summed E-state index contributed by atoms with van der Waals surface area (Å²) < 4.78 is 0. The second-order valence-corrected chi connectivity index (χ2v) is 8.35. The normalized spacial score (nSPS) is 32.6. The van der Waals surface area contributed by atoms with Crippen molar-refractivity contribution in [2.24, 2.45) is 23.7 Å². The van der Waals surface area contributed by atoms with Crippen LogP contribution in [0.3, 0.4) is 0 Å². The molecular formula is C21H42. The van der Waals surface area contributed by atoms with Gasteiger partial charge in [-0.15, -0.1) is 0 Å². The van der Waals surface area contributed by atoms with Crippen LogP contribution < -0.4 is 0 Å². The summed E-state index contributed by atoms with van der Waals surface area (Å²) in [6.45, 7) is 9.79. The molecule has 0 aliphatic heterocycles. The van der Waals surface area contributed by atoms with Crippen LogP contribution in [0.2, 0.25) is 0 Å². The van der Waals surface area contributed by atoms with E-state index in [2.05, 4.69) is 27.7 Å². The maximum atomic E-state index is 2.51. The van der Waals surface area contributed by atoms with Crippen molar-refractivity contribution in [1.82, 2.24) is 0 Å². The SMILES string of the molecule is CCCCCCCC1CCC(C)CCC(C)CCC(C)C1. The van der Waals surface area contributed by atoms with Crippen molar-refractivity contribution in [1.29, 1.82) is 0 Å². The maximum absolute atomic E-state index is 2.51. The molecule has 0 nitrogen and oxygen atoms in total. The summed E-state index contributed by atoms with van der Waals surface area (Å²) in [7, 11) is 0. The molecule has 0 spiro atoms. The summed E-state index contributed by atoms with van der Waals surface area (Å²) in [5.74, 6) is 3.91. The second-order valence-electron chi connectivity index (χ2n) is 8.35. The van der Waals surface area contributed by atoms with Gasteiger partial charge in [0.2, 0.25) is 0 Å². The molecule has 0 heterocycles. The number of hydrogen-bond donors (Lipinski definition) is 0. The van der Waals surface area contributed by atoms with Gasteiger partial charge in [0.05, 0.1) is 0 Å². The van der Waals surface area contributed by atoms with E-state index in [1.807, 2.05) is 0 Å². The van der Waals surface area contributed by atoms with Crippen LogP contribution in [-0.2, 0) is 0 Å². The minimum absolute atomic E-state index is 0.959. The lowest BCUT2D eigenvalue weighted by Gasteiger charge is -2.22. The van der Waals surface area contributed by atoms with Crippen LogP contribution in [0.25, 0.3) is 0 Å². The summed E-state index contributed by atoms with van der Waals surface area (Å²) >= 11 is 0. The Morgan fingerprint density at radius 3 is 1.76 bits per heavy atom. The zero-order valence-electron chi connectivity index (χ0n) is 15.5. The predicted molar refractivity (Wildman–Crippen MR) is 96.7 cm³/mol. The summed E-state index contributed by atoms with van der Waals surface area (Å²) in [6.07, 6.45) is 19.1. The highest BCUT2D eigenvalue weighted by Gasteiger charge is 2.17. The van der Waals surface area contributed by atoms with Crippen LogP contribution in [0.1, 0.15) is 111 Å². The van der Waals surface area contributed by atoms with Crippen molar-refractivity contribution in [3.8, 4) is 0 Å². The summed E-state index contributed by atoms with van der Waals surface area (Å²) in [5, 5.41) is 0. The summed E-state index contributed by atoms with van der Waals surface area (Å²) in [6, 6.07) is 0. The monoisotopic (exact) mass is 294 g/mol. The van der Waals surface area contributed by atoms with E-state index in [1.54, 1.807) is 0 Å². The third-order valence-electron chi connectivity index (χ3n) is 5.82. The smallest absolute Gasteiger partial charge is 0.0412 e. The van der Waals surface area contributed by atoms with E-state index in [0.29, 0.717) is 0 Å². The van der Waals surface area contributed by atoms with E-state index in [9.17, 15) is 0 Å². The molecule has 0 saturated heterocycles. The standard InChI is InChI=1S/C21H42/c1-5-6-7-8-9-10-21-16-15-19(3)12-11-18(2)13-14-20(4)17-21/h18-21H,5-17H2,1-4H3. The first-order valence-electron chi connectivity index (χ1n) is 10.1. The Bertz CT molecular complexity index is 232. The maximum Gasteiger partial charge on any atom is -0.0412 e. The van der Waals surface area contributed by atoms with Crippen molar-refractivity contribution < 1.29 is 0 Å². The fourth-order valence-corrected chi connectivity index (χ4v) is 4.05. The van der Waals surface area contributed by atoms with E-state index < -0.39 is 0 Å². The first kappa shape index (κ1) is 19.0. The van der Waals surface area contributed by atoms with E-state index in [1.165, 1.54) is 83.5 Å². The van der Waals surface area contributed by atoms with Crippen molar-refractivity contribution >= 4 is 0 Å². The third kappa shape index (κ3) is 9.59. The summed E-state index contributed by atoms with van der Waals surface area (Å²) in [4.78, 5) is 0. The van der Waals surface area contributed by atoms with Crippen LogP contribution in [0.15, 0.2) is 0 Å². The van der Waals surface area contributed by atoms with Gasteiger partial charge in [-0.1, -0.05) is 105 Å². The highest BCUT2D eigenvalue weighted by Crippen LogP contribution is 2.31. The topological polar surface area (TPSA) is 0 Å². The van der Waals surface area contributed by atoms with Gasteiger partial charge in [0.1, 0.15) is 0 Å². The minimum Gasteiger partial charge on any atom is -0.0654 e. The highest BCUT2D eigenvalue weighted by atomic mass is 14.2. The Labute approximate surface area is 135 Å². The molecule has 1 saturated carbocycles. The molecule has 126 valence electrons. The Balaban J connectivity index is 2.36. The van der Waals surface area contributed by atoms with Crippen molar-refractivity contribution in [2.75, 3.05) is 0 Å². The molecule has 0 aromatic heterocycles. The molecule has 0 N–H and O–H groups in total. The molecule has 1 fully saturated rings. The zero-order valence-corrected chi connectivity index (χ0v) is 15.5. The molecule has 1 aliphatic rings. The molecule has 0 amide bonds. The van der Waals surface area contributed by atoms with Crippen molar-refractivity contribution in [3.05, 3.63) is 0 Å². The van der Waals surface area contributed by atoms with Gasteiger partial charge in [-0.3, -0.25) is 0 Å². The Morgan fingerprint density at radius 1 is 0.619 bits per heavy atom. The first-order chi connectivity index (χ1) is 10.1. The fraction of sp³-hybridized carbons (Fsp3) is 1.00. The quantitative estimate of drug-likeness (QED) is 0.442. The molecule has 1 aliphatic carbocycles. The number of unbranched alkanes of at least 4 members (excludes halogenated alkanes) is 4. The van der Waals surface area contributed by atoms with Crippen LogP contribution in [0, 0.1) is 23.7 Å². The Morgan fingerprint density at radius 2 is 1.14 bits per heavy atom. The Hall–Kier alpha value is 0. The van der Waals surface area contributed by atoms with E-state index in [0.717, 1.165) is 23.7 Å². The van der Waals surface area contributed by atoms with Gasteiger partial charge < -0.3 is 0 Å². The molecule has 4 unspecified atom stereocenters. The van der Waals surface area contributed by atoms with Crippen molar-refractivity contribution in [2.45, 2.75) is 111 Å². The average Bonchev–Trinajstić information content (AvgIpc) is 2.49. The van der Waals surface area contributed by atoms with Gasteiger partial charge >= 0.3 is 0 Å². The largest absolute Gasteiger partial charge is 0.0654 e. The van der Waals surface area contributed by atoms with E-state index in [4.69, 9.17) is 0 Å². The molecule has 1 rings (SSSR count). The molecule has 21 heavy (non-hydrogen) atoms. The number of hydrogen-bond acceptors (Lipinski definition) is 0. The molecule has 0 radical (unpaired) electrons. The highest BCUT2D eigenvalue weighted by molar-refractivity contribution is 4.70. The first-order valence-corrected chi connectivity index (χ1v) is 10.1. The lowest BCUT2D eigenvalue weighted by atomic mass is 9.84. The third-order valence-corrected chi connectivity index (χ3v) is 5.82. The van der Waals surface area contributed by atoms with Crippen LogP contribution >= 0.6 is 0 Å². The van der Waals surface area contributed by atoms with E-state index >= 15 is 0 Å². The predicted octanol–water partition coefficient (Wildman–Crippen LogP) is 7.62. The van der Waals surface area contributed by atoms with Gasteiger partial charge in [-0.2, -0.15) is 0 Å². The van der Waals surface area contributed by atoms with Gasteiger partial charge in [0.15, 0.2) is 0 Å². The van der Waals surface area contributed by atoms with E-state index in [-0.39, 0.29) is 0 Å². The molecule has 0 aromatic rings.